The average Bonchev–Trinajstić information content (AvgIpc) is 2.81. The maximum Gasteiger partial charge on any atom is 0.122 e. The van der Waals surface area contributed by atoms with E-state index in [-0.39, 0.29) is 0 Å². The number of hydrogen-bond acceptors (Lipinski definition) is 2. The summed E-state index contributed by atoms with van der Waals surface area (Å²) in [5, 5.41) is 5.22. The van der Waals surface area contributed by atoms with Crippen LogP contribution in [-0.2, 0) is 6.54 Å². The zero-order chi connectivity index (χ0) is 13.9. The van der Waals surface area contributed by atoms with E-state index in [0.717, 1.165) is 16.8 Å². The van der Waals surface area contributed by atoms with Crippen LogP contribution in [0, 0.1) is 0 Å². The summed E-state index contributed by atoms with van der Waals surface area (Å²) in [6, 6.07) is 19.6. The van der Waals surface area contributed by atoms with E-state index >= 15 is 0 Å². The van der Waals surface area contributed by atoms with Gasteiger partial charge in [0.15, 0.2) is 0 Å². The number of nitrogens with zero attached hydrogens (tertiary/aromatic N) is 2. The number of nitrogen functional groups attached to an aromatic ring is 1. The summed E-state index contributed by atoms with van der Waals surface area (Å²) in [4.78, 5) is 0. The molecule has 0 bridgehead atoms. The second-order valence-electron chi connectivity index (χ2n) is 4.58. The summed E-state index contributed by atoms with van der Waals surface area (Å²) < 4.78 is 1.79. The molecule has 0 aliphatic carbocycles. The number of benzene rings is 2. The molecular formula is C16H14ClN3. The molecule has 3 rings (SSSR count). The normalized spacial score (nSPS) is 10.7. The highest BCUT2D eigenvalue weighted by Crippen LogP contribution is 2.27. The van der Waals surface area contributed by atoms with Gasteiger partial charge in [0, 0.05) is 11.6 Å². The molecule has 2 aromatic carbocycles. The summed E-state index contributed by atoms with van der Waals surface area (Å²) >= 11 is 6.19. The van der Waals surface area contributed by atoms with Crippen molar-refractivity contribution in [3.63, 3.8) is 0 Å². The first-order chi connectivity index (χ1) is 9.74. The van der Waals surface area contributed by atoms with E-state index in [4.69, 9.17) is 17.3 Å². The summed E-state index contributed by atoms with van der Waals surface area (Å²) in [5.41, 5.74) is 8.89. The number of aromatic nitrogens is 2. The van der Waals surface area contributed by atoms with E-state index in [9.17, 15) is 0 Å². The van der Waals surface area contributed by atoms with Crippen molar-refractivity contribution in [2.45, 2.75) is 6.54 Å². The standard InChI is InChI=1S/C16H14ClN3/c17-14-9-5-4-8-13(14)15-10-16(18)20(19-15)11-12-6-2-1-3-7-12/h1-10H,11,18H2. The molecule has 0 unspecified atom stereocenters. The van der Waals surface area contributed by atoms with Gasteiger partial charge in [0.25, 0.3) is 0 Å². The summed E-state index contributed by atoms with van der Waals surface area (Å²) in [6.45, 7) is 0.650. The molecule has 1 aromatic heterocycles. The van der Waals surface area contributed by atoms with Gasteiger partial charge in [-0.15, -0.1) is 0 Å². The molecule has 0 aliphatic rings. The van der Waals surface area contributed by atoms with E-state index in [0.29, 0.717) is 17.4 Å². The van der Waals surface area contributed by atoms with Crippen LogP contribution in [0.15, 0.2) is 60.7 Å². The third-order valence-electron chi connectivity index (χ3n) is 3.14. The first-order valence-corrected chi connectivity index (χ1v) is 6.74. The number of nitrogens with two attached hydrogens (primary N) is 1. The molecule has 3 nitrogen and oxygen atoms in total. The van der Waals surface area contributed by atoms with Crippen LogP contribution in [0.2, 0.25) is 5.02 Å². The zero-order valence-electron chi connectivity index (χ0n) is 10.8. The van der Waals surface area contributed by atoms with Gasteiger partial charge >= 0.3 is 0 Å². The van der Waals surface area contributed by atoms with Gasteiger partial charge in [-0.05, 0) is 11.6 Å². The molecule has 0 aliphatic heterocycles. The molecule has 0 spiro atoms. The van der Waals surface area contributed by atoms with Crippen LogP contribution in [-0.4, -0.2) is 9.78 Å². The minimum absolute atomic E-state index is 0.628. The SMILES string of the molecule is Nc1cc(-c2ccccc2Cl)nn1Cc1ccccc1. The molecule has 1 heterocycles. The maximum atomic E-state index is 6.19. The van der Waals surface area contributed by atoms with Crippen LogP contribution in [0.25, 0.3) is 11.3 Å². The van der Waals surface area contributed by atoms with Gasteiger partial charge in [-0.1, -0.05) is 60.1 Å². The minimum Gasteiger partial charge on any atom is -0.384 e. The van der Waals surface area contributed by atoms with E-state index < -0.39 is 0 Å². The van der Waals surface area contributed by atoms with Crippen LogP contribution in [0.3, 0.4) is 0 Å². The predicted molar refractivity (Wildman–Crippen MR) is 82.6 cm³/mol. The predicted octanol–water partition coefficient (Wildman–Crippen LogP) is 3.83. The van der Waals surface area contributed by atoms with Crippen LogP contribution in [0.4, 0.5) is 5.82 Å². The van der Waals surface area contributed by atoms with Crippen molar-refractivity contribution in [1.29, 1.82) is 0 Å². The van der Waals surface area contributed by atoms with Crippen molar-refractivity contribution >= 4 is 17.4 Å². The van der Waals surface area contributed by atoms with E-state index in [2.05, 4.69) is 17.2 Å². The Hall–Kier alpha value is -2.26. The van der Waals surface area contributed by atoms with E-state index in [1.807, 2.05) is 48.5 Å². The molecule has 0 radical (unpaired) electrons. The number of hydrogen-bond donors (Lipinski definition) is 1. The summed E-state index contributed by atoms with van der Waals surface area (Å²) in [6.07, 6.45) is 0. The summed E-state index contributed by atoms with van der Waals surface area (Å²) in [7, 11) is 0. The third kappa shape index (κ3) is 2.53. The van der Waals surface area contributed by atoms with Crippen LogP contribution >= 0.6 is 11.6 Å². The van der Waals surface area contributed by atoms with Gasteiger partial charge in [-0.3, -0.25) is 0 Å². The van der Waals surface area contributed by atoms with Gasteiger partial charge in [0.1, 0.15) is 5.82 Å². The van der Waals surface area contributed by atoms with Crippen molar-refractivity contribution in [1.82, 2.24) is 9.78 Å². The molecular weight excluding hydrogens is 270 g/mol. The van der Waals surface area contributed by atoms with Gasteiger partial charge in [0.05, 0.1) is 17.3 Å². The van der Waals surface area contributed by atoms with Crippen molar-refractivity contribution in [2.24, 2.45) is 0 Å². The topological polar surface area (TPSA) is 43.8 Å². The maximum absolute atomic E-state index is 6.19. The highest BCUT2D eigenvalue weighted by molar-refractivity contribution is 6.33. The molecule has 0 saturated carbocycles. The Bertz CT molecular complexity index is 720. The largest absolute Gasteiger partial charge is 0.384 e. The molecule has 0 saturated heterocycles. The lowest BCUT2D eigenvalue weighted by Crippen LogP contribution is -2.05. The Balaban J connectivity index is 1.94. The lowest BCUT2D eigenvalue weighted by Gasteiger charge is -2.04. The van der Waals surface area contributed by atoms with Gasteiger partial charge in [0.2, 0.25) is 0 Å². The number of halogens is 1. The van der Waals surface area contributed by atoms with Crippen LogP contribution in [0.5, 0.6) is 0 Å². The smallest absolute Gasteiger partial charge is 0.122 e. The first kappa shape index (κ1) is 12.8. The minimum atomic E-state index is 0.628. The Labute approximate surface area is 122 Å². The van der Waals surface area contributed by atoms with E-state index in [1.165, 1.54) is 0 Å². The van der Waals surface area contributed by atoms with Crippen molar-refractivity contribution < 1.29 is 0 Å². The highest BCUT2D eigenvalue weighted by Gasteiger charge is 2.10. The Morgan fingerprint density at radius 3 is 2.45 bits per heavy atom. The van der Waals surface area contributed by atoms with Gasteiger partial charge < -0.3 is 5.73 Å². The second-order valence-corrected chi connectivity index (χ2v) is 4.98. The Morgan fingerprint density at radius 1 is 1.00 bits per heavy atom. The number of rotatable bonds is 3. The second kappa shape index (κ2) is 5.39. The molecule has 4 heteroatoms. The van der Waals surface area contributed by atoms with Gasteiger partial charge in [-0.2, -0.15) is 5.10 Å². The van der Waals surface area contributed by atoms with Crippen molar-refractivity contribution in [3.8, 4) is 11.3 Å². The van der Waals surface area contributed by atoms with Crippen LogP contribution < -0.4 is 5.73 Å². The Morgan fingerprint density at radius 2 is 1.70 bits per heavy atom. The molecule has 0 amide bonds. The van der Waals surface area contributed by atoms with Gasteiger partial charge in [-0.25, -0.2) is 4.68 Å². The van der Waals surface area contributed by atoms with Crippen LogP contribution in [0.1, 0.15) is 5.56 Å². The van der Waals surface area contributed by atoms with E-state index in [1.54, 1.807) is 4.68 Å². The molecule has 3 aromatic rings. The fourth-order valence-electron chi connectivity index (χ4n) is 2.11. The molecule has 0 atom stereocenters. The lowest BCUT2D eigenvalue weighted by molar-refractivity contribution is 0.700. The molecule has 0 fully saturated rings. The fourth-order valence-corrected chi connectivity index (χ4v) is 2.35. The zero-order valence-corrected chi connectivity index (χ0v) is 11.6. The quantitative estimate of drug-likeness (QED) is 0.794. The van der Waals surface area contributed by atoms with Crippen molar-refractivity contribution in [2.75, 3.05) is 5.73 Å². The molecule has 20 heavy (non-hydrogen) atoms. The lowest BCUT2D eigenvalue weighted by atomic mass is 10.1. The highest BCUT2D eigenvalue weighted by atomic mass is 35.5. The molecule has 100 valence electrons. The number of anilines is 1. The summed E-state index contributed by atoms with van der Waals surface area (Å²) in [5.74, 6) is 0.628. The van der Waals surface area contributed by atoms with Crippen molar-refractivity contribution in [3.05, 3.63) is 71.2 Å². The first-order valence-electron chi connectivity index (χ1n) is 6.36. The monoisotopic (exact) mass is 283 g/mol. The molecule has 2 N–H and O–H groups in total. The average molecular weight is 284 g/mol. The Kier molecular flexibility index (Phi) is 3.44. The fraction of sp³-hybridized carbons (Fsp3) is 0.0625. The third-order valence-corrected chi connectivity index (χ3v) is 3.47.